The number of nitrogens with one attached hydrogen (secondary N) is 3. The van der Waals surface area contributed by atoms with Crippen molar-refractivity contribution in [3.8, 4) is 17.3 Å². The molecule has 2 aromatic carbocycles. The van der Waals surface area contributed by atoms with Crippen molar-refractivity contribution in [3.05, 3.63) is 105 Å². The van der Waals surface area contributed by atoms with E-state index in [-0.39, 0.29) is 35.3 Å². The molecule has 0 spiro atoms. The third kappa shape index (κ3) is 8.51. The third-order valence-corrected chi connectivity index (χ3v) is 9.10. The van der Waals surface area contributed by atoms with Crippen LogP contribution in [-0.4, -0.2) is 56.4 Å². The molecule has 0 radical (unpaired) electrons. The second-order valence-corrected chi connectivity index (χ2v) is 14.2. The Balaban J connectivity index is 1.43. The van der Waals surface area contributed by atoms with Gasteiger partial charge in [0.1, 0.15) is 21.8 Å². The monoisotopic (exact) mass is 693 g/mol. The second-order valence-electron chi connectivity index (χ2n) is 13.3. The number of benzene rings is 2. The molecular formula is C37H39N7O5S. The number of likely N-dealkylation sites (tertiary alicyclic amines) is 1. The molecule has 1 saturated heterocycles. The van der Waals surface area contributed by atoms with Gasteiger partial charge in [-0.25, -0.2) is 14.8 Å². The SMILES string of the molecule is Cc1csc(C2CCCN2C(=O)c2cc(C(=O)NNC(=O)C(C)(Cc3ccccc3)NC(=O)OC(C)(C)C)nc(-c3ccccc3C#N)c2)n1. The zero-order chi connectivity index (χ0) is 36.1. The molecule has 2 aromatic heterocycles. The molecule has 50 heavy (non-hydrogen) atoms. The number of carbonyl (C=O) groups excluding carboxylic acids is 4. The lowest BCUT2D eigenvalue weighted by atomic mass is 9.92. The molecule has 1 aliphatic rings. The van der Waals surface area contributed by atoms with Crippen molar-refractivity contribution in [1.82, 2.24) is 31.0 Å². The summed E-state index contributed by atoms with van der Waals surface area (Å²) in [6.45, 7) is 9.07. The molecule has 1 fully saturated rings. The van der Waals surface area contributed by atoms with Gasteiger partial charge in [-0.2, -0.15) is 5.26 Å². The first kappa shape index (κ1) is 35.7. The summed E-state index contributed by atoms with van der Waals surface area (Å²) in [6, 6.07) is 20.7. The van der Waals surface area contributed by atoms with Crippen molar-refractivity contribution in [2.45, 2.75) is 71.1 Å². The first-order valence-electron chi connectivity index (χ1n) is 16.2. The molecule has 2 atom stereocenters. The average Bonchev–Trinajstić information content (AvgIpc) is 3.75. The molecule has 1 aliphatic heterocycles. The first-order chi connectivity index (χ1) is 23.8. The number of ether oxygens (including phenoxy) is 1. The number of hydrogen-bond acceptors (Lipinski definition) is 9. The fourth-order valence-corrected chi connectivity index (χ4v) is 6.64. The highest BCUT2D eigenvalue weighted by molar-refractivity contribution is 7.09. The number of aryl methyl sites for hydroxylation is 1. The number of hydrazine groups is 1. The fourth-order valence-electron chi connectivity index (χ4n) is 5.70. The zero-order valence-corrected chi connectivity index (χ0v) is 29.4. The molecule has 12 nitrogen and oxygen atoms in total. The van der Waals surface area contributed by atoms with Crippen LogP contribution in [-0.2, 0) is 16.0 Å². The van der Waals surface area contributed by atoms with Crippen molar-refractivity contribution in [2.24, 2.45) is 0 Å². The Hall–Kier alpha value is -5.61. The lowest BCUT2D eigenvalue weighted by molar-refractivity contribution is -0.127. The van der Waals surface area contributed by atoms with Gasteiger partial charge in [0, 0.05) is 35.2 Å². The maximum atomic E-state index is 14.1. The Morgan fingerprint density at radius 3 is 2.40 bits per heavy atom. The third-order valence-electron chi connectivity index (χ3n) is 8.03. The fraction of sp³-hybridized carbons (Fsp3) is 0.324. The van der Waals surface area contributed by atoms with Gasteiger partial charge in [0.25, 0.3) is 17.7 Å². The normalized spacial score (nSPS) is 15.4. The van der Waals surface area contributed by atoms with Crippen molar-refractivity contribution < 1.29 is 23.9 Å². The summed E-state index contributed by atoms with van der Waals surface area (Å²) in [5.41, 5.74) is 5.13. The molecule has 5 rings (SSSR count). The number of aromatic nitrogens is 2. The molecule has 0 aliphatic carbocycles. The molecule has 3 N–H and O–H groups in total. The largest absolute Gasteiger partial charge is 0.444 e. The van der Waals surface area contributed by atoms with E-state index in [9.17, 15) is 24.4 Å². The number of hydrogen-bond donors (Lipinski definition) is 3. The van der Waals surface area contributed by atoms with E-state index < -0.39 is 29.0 Å². The summed E-state index contributed by atoms with van der Waals surface area (Å²) in [4.78, 5) is 65.1. The second kappa shape index (κ2) is 14.9. The molecule has 3 heterocycles. The summed E-state index contributed by atoms with van der Waals surface area (Å²) in [7, 11) is 0. The van der Waals surface area contributed by atoms with E-state index in [1.165, 1.54) is 24.3 Å². The van der Waals surface area contributed by atoms with Crippen LogP contribution in [0.25, 0.3) is 11.3 Å². The van der Waals surface area contributed by atoms with Gasteiger partial charge < -0.3 is 15.0 Å². The van der Waals surface area contributed by atoms with Crippen molar-refractivity contribution in [3.63, 3.8) is 0 Å². The summed E-state index contributed by atoms with van der Waals surface area (Å²) < 4.78 is 5.42. The number of nitrogens with zero attached hydrogens (tertiary/aromatic N) is 4. The van der Waals surface area contributed by atoms with Crippen molar-refractivity contribution >= 4 is 35.2 Å². The minimum Gasteiger partial charge on any atom is -0.444 e. The molecule has 4 aromatic rings. The van der Waals surface area contributed by atoms with E-state index in [0.717, 1.165) is 29.1 Å². The lowest BCUT2D eigenvalue weighted by Crippen LogP contribution is -2.61. The number of alkyl carbamates (subject to hydrolysis) is 1. The first-order valence-corrected chi connectivity index (χ1v) is 17.0. The molecule has 2 unspecified atom stereocenters. The van der Waals surface area contributed by atoms with Crippen molar-refractivity contribution in [1.29, 1.82) is 5.26 Å². The van der Waals surface area contributed by atoms with Gasteiger partial charge in [-0.3, -0.25) is 25.2 Å². The maximum absolute atomic E-state index is 14.1. The van der Waals surface area contributed by atoms with Gasteiger partial charge in [0.05, 0.1) is 23.4 Å². The maximum Gasteiger partial charge on any atom is 0.408 e. The van der Waals surface area contributed by atoms with Crippen LogP contribution in [0.1, 0.15) is 89.3 Å². The van der Waals surface area contributed by atoms with E-state index >= 15 is 0 Å². The smallest absolute Gasteiger partial charge is 0.408 e. The highest BCUT2D eigenvalue weighted by atomic mass is 32.1. The number of pyridine rings is 1. The molecule has 13 heteroatoms. The highest BCUT2D eigenvalue weighted by Crippen LogP contribution is 2.35. The van der Waals surface area contributed by atoms with Gasteiger partial charge in [-0.15, -0.1) is 11.3 Å². The summed E-state index contributed by atoms with van der Waals surface area (Å²) in [5, 5.41) is 15.2. The van der Waals surface area contributed by atoms with Crippen LogP contribution in [0.2, 0.25) is 0 Å². The number of thiazole rings is 1. The topological polar surface area (TPSA) is 166 Å². The van der Waals surface area contributed by atoms with Crippen molar-refractivity contribution in [2.75, 3.05) is 6.54 Å². The Morgan fingerprint density at radius 1 is 1.00 bits per heavy atom. The predicted octanol–water partition coefficient (Wildman–Crippen LogP) is 5.65. The number of amides is 4. The van der Waals surface area contributed by atoms with Gasteiger partial charge >= 0.3 is 6.09 Å². The minimum absolute atomic E-state index is 0.0851. The quantitative estimate of drug-likeness (QED) is 0.199. The van der Waals surface area contributed by atoms with Gasteiger partial charge in [0.15, 0.2) is 0 Å². The summed E-state index contributed by atoms with van der Waals surface area (Å²) in [6.07, 6.45) is 0.829. The molecule has 0 bridgehead atoms. The van der Waals surface area contributed by atoms with E-state index in [4.69, 9.17) is 4.74 Å². The number of nitriles is 1. The lowest BCUT2D eigenvalue weighted by Gasteiger charge is -2.31. The standard InChI is InChI=1S/C37H39N7O5S/c1-23-22-50-32(39-23)30-16-11-17-44(30)33(46)26-18-28(27-15-10-9-14-25(27)21-38)40-29(19-26)31(45)42-43-34(47)37(5,20-24-12-7-6-8-13-24)41-35(48)49-36(2,3)4/h6-10,12-15,18-19,22,30H,11,16-17,20H2,1-5H3,(H,41,48)(H,42,45)(H,43,47). The van der Waals surface area contributed by atoms with Gasteiger partial charge in [-0.1, -0.05) is 48.5 Å². The average molecular weight is 694 g/mol. The molecular weight excluding hydrogens is 655 g/mol. The molecule has 4 amide bonds. The van der Waals surface area contributed by atoms with E-state index in [0.29, 0.717) is 17.7 Å². The number of rotatable bonds is 8. The van der Waals surface area contributed by atoms with Crippen LogP contribution in [0.5, 0.6) is 0 Å². The van der Waals surface area contributed by atoms with E-state index in [2.05, 4.69) is 32.2 Å². The predicted molar refractivity (Wildman–Crippen MR) is 188 cm³/mol. The van der Waals surface area contributed by atoms with Crippen LogP contribution >= 0.6 is 11.3 Å². The minimum atomic E-state index is -1.54. The Kier molecular flexibility index (Phi) is 10.6. The van der Waals surface area contributed by atoms with Gasteiger partial charge in [-0.05, 0) is 71.2 Å². The number of carbonyl (C=O) groups is 4. The Morgan fingerprint density at radius 2 is 1.72 bits per heavy atom. The van der Waals surface area contributed by atoms with Crippen LogP contribution in [0, 0.1) is 18.3 Å². The zero-order valence-electron chi connectivity index (χ0n) is 28.6. The molecule has 258 valence electrons. The van der Waals surface area contributed by atoms with Crippen LogP contribution in [0.3, 0.4) is 0 Å². The van der Waals surface area contributed by atoms with E-state index in [1.807, 2.05) is 42.6 Å². The molecule has 0 saturated carbocycles. The van der Waals surface area contributed by atoms with E-state index in [1.54, 1.807) is 56.0 Å². The van der Waals surface area contributed by atoms with Crippen LogP contribution < -0.4 is 16.2 Å². The van der Waals surface area contributed by atoms with Crippen LogP contribution in [0.4, 0.5) is 4.79 Å². The summed E-state index contributed by atoms with van der Waals surface area (Å²) >= 11 is 1.50. The summed E-state index contributed by atoms with van der Waals surface area (Å²) in [5.74, 6) is -1.84. The van der Waals surface area contributed by atoms with Crippen LogP contribution in [0.15, 0.2) is 72.1 Å². The van der Waals surface area contributed by atoms with Gasteiger partial charge in [0.2, 0.25) is 0 Å². The Labute approximate surface area is 294 Å². The Bertz CT molecular complexity index is 1950. The highest BCUT2D eigenvalue weighted by Gasteiger charge is 2.38.